The van der Waals surface area contributed by atoms with Gasteiger partial charge in [-0.05, 0) is 0 Å². The van der Waals surface area contributed by atoms with Crippen molar-refractivity contribution in [1.82, 2.24) is 0 Å². The molecule has 21 heavy (non-hydrogen) atoms. The molecule has 0 amide bonds. The maximum atomic E-state index is 11.2. The zero-order valence-corrected chi connectivity index (χ0v) is 11.5. The number of rotatable bonds is 0. The van der Waals surface area contributed by atoms with Gasteiger partial charge in [-0.15, -0.1) is 0 Å². The number of ether oxygens (including phenoxy) is 6. The molecule has 9 heteroatoms. The topological polar surface area (TPSA) is 107 Å². The maximum absolute atomic E-state index is 11.2. The second kappa shape index (κ2) is 11.0. The Morgan fingerprint density at radius 1 is 0.476 bits per heavy atom. The van der Waals surface area contributed by atoms with Gasteiger partial charge in [0.25, 0.3) is 0 Å². The molecule has 0 spiro atoms. The fourth-order valence-corrected chi connectivity index (χ4v) is 1.23. The molecule has 0 saturated carbocycles. The first-order valence-corrected chi connectivity index (χ1v) is 6.38. The highest BCUT2D eigenvalue weighted by Gasteiger charge is 2.11. The molecule has 0 aliphatic carbocycles. The van der Waals surface area contributed by atoms with Crippen molar-refractivity contribution >= 4 is 17.9 Å². The first kappa shape index (κ1) is 17.3. The molecule has 1 heterocycles. The van der Waals surface area contributed by atoms with Gasteiger partial charge in [0.15, 0.2) is 6.61 Å². The summed E-state index contributed by atoms with van der Waals surface area (Å²) in [5.74, 6) is -2.09. The summed E-state index contributed by atoms with van der Waals surface area (Å²) in [6.45, 7) is -0.119. The largest absolute Gasteiger partial charge is 0.462 e. The number of hydrogen-bond acceptors (Lipinski definition) is 9. The van der Waals surface area contributed by atoms with E-state index in [1.165, 1.54) is 0 Å². The summed E-state index contributed by atoms with van der Waals surface area (Å²) in [6, 6.07) is 0. The van der Waals surface area contributed by atoms with Gasteiger partial charge >= 0.3 is 17.9 Å². The fourth-order valence-electron chi connectivity index (χ4n) is 1.23. The van der Waals surface area contributed by atoms with Crippen LogP contribution in [0.2, 0.25) is 0 Å². The van der Waals surface area contributed by atoms with Crippen LogP contribution in [0.15, 0.2) is 0 Å². The minimum atomic E-state index is -0.777. The van der Waals surface area contributed by atoms with Gasteiger partial charge < -0.3 is 28.4 Å². The summed E-state index contributed by atoms with van der Waals surface area (Å²) in [5, 5.41) is 0. The van der Waals surface area contributed by atoms with Crippen LogP contribution in [-0.4, -0.2) is 77.4 Å². The van der Waals surface area contributed by atoms with E-state index < -0.39 is 31.1 Å². The Morgan fingerprint density at radius 2 is 0.905 bits per heavy atom. The van der Waals surface area contributed by atoms with Crippen molar-refractivity contribution in [3.05, 3.63) is 0 Å². The molecule has 1 saturated heterocycles. The highest BCUT2D eigenvalue weighted by atomic mass is 16.6. The van der Waals surface area contributed by atoms with Crippen LogP contribution in [0.1, 0.15) is 0 Å². The van der Waals surface area contributed by atoms with Crippen molar-refractivity contribution in [2.75, 3.05) is 59.5 Å². The molecule has 9 nitrogen and oxygen atoms in total. The van der Waals surface area contributed by atoms with Gasteiger partial charge in [0.05, 0.1) is 26.4 Å². The summed E-state index contributed by atoms with van der Waals surface area (Å²) in [4.78, 5) is 33.5. The van der Waals surface area contributed by atoms with E-state index >= 15 is 0 Å². The quantitative estimate of drug-likeness (QED) is 0.398. The molecule has 0 radical (unpaired) electrons. The zero-order valence-electron chi connectivity index (χ0n) is 11.5. The molecular formula is C12H18O9. The van der Waals surface area contributed by atoms with Crippen LogP contribution in [0.5, 0.6) is 0 Å². The molecule has 0 aromatic carbocycles. The van der Waals surface area contributed by atoms with E-state index in [4.69, 9.17) is 23.7 Å². The second-order valence-electron chi connectivity index (χ2n) is 3.82. The minimum Gasteiger partial charge on any atom is -0.462 e. The number of carbonyl (C=O) groups excluding carboxylic acids is 3. The summed E-state index contributed by atoms with van der Waals surface area (Å²) in [7, 11) is 0. The third-order valence-electron chi connectivity index (χ3n) is 2.14. The van der Waals surface area contributed by atoms with Crippen molar-refractivity contribution in [2.45, 2.75) is 0 Å². The summed E-state index contributed by atoms with van der Waals surface area (Å²) >= 11 is 0. The Bertz CT molecular complexity index is 342. The lowest BCUT2D eigenvalue weighted by molar-refractivity contribution is -0.164. The van der Waals surface area contributed by atoms with Gasteiger partial charge in [-0.3, -0.25) is 0 Å². The molecule has 0 atom stereocenters. The molecular weight excluding hydrogens is 288 g/mol. The summed E-state index contributed by atoms with van der Waals surface area (Å²) in [6.07, 6.45) is 0. The van der Waals surface area contributed by atoms with Crippen molar-refractivity contribution in [3.8, 4) is 0 Å². The lowest BCUT2D eigenvalue weighted by atomic mass is 10.6. The molecule has 120 valence electrons. The van der Waals surface area contributed by atoms with E-state index in [-0.39, 0.29) is 33.0 Å². The van der Waals surface area contributed by atoms with Crippen LogP contribution in [0.3, 0.4) is 0 Å². The van der Waals surface area contributed by atoms with Gasteiger partial charge in [0.2, 0.25) is 0 Å². The highest BCUT2D eigenvalue weighted by molar-refractivity contribution is 5.77. The highest BCUT2D eigenvalue weighted by Crippen LogP contribution is 1.89. The average Bonchev–Trinajstić information content (AvgIpc) is 2.46. The predicted molar refractivity (Wildman–Crippen MR) is 65.3 cm³/mol. The Morgan fingerprint density at radius 3 is 1.48 bits per heavy atom. The average molecular weight is 306 g/mol. The monoisotopic (exact) mass is 306 g/mol. The summed E-state index contributed by atoms with van der Waals surface area (Å²) in [5.41, 5.74) is 0. The Kier molecular flexibility index (Phi) is 9.09. The van der Waals surface area contributed by atoms with Crippen LogP contribution in [0, 0.1) is 0 Å². The van der Waals surface area contributed by atoms with E-state index in [9.17, 15) is 14.4 Å². The van der Waals surface area contributed by atoms with Gasteiger partial charge in [0.1, 0.15) is 26.4 Å². The Hall–Kier alpha value is -1.71. The molecule has 1 aliphatic heterocycles. The van der Waals surface area contributed by atoms with Crippen LogP contribution < -0.4 is 0 Å². The Labute approximate surface area is 121 Å². The SMILES string of the molecule is O=C1COCC(=O)OCC(=O)OCCOCCOCCO1. The minimum absolute atomic E-state index is 0.0600. The normalized spacial score (nSPS) is 21.4. The maximum Gasteiger partial charge on any atom is 0.344 e. The second-order valence-corrected chi connectivity index (χ2v) is 3.82. The van der Waals surface area contributed by atoms with Crippen LogP contribution >= 0.6 is 0 Å². The molecule has 0 N–H and O–H groups in total. The van der Waals surface area contributed by atoms with Crippen LogP contribution in [0.4, 0.5) is 0 Å². The van der Waals surface area contributed by atoms with Crippen molar-refractivity contribution in [3.63, 3.8) is 0 Å². The molecule has 1 rings (SSSR count). The van der Waals surface area contributed by atoms with Gasteiger partial charge in [0, 0.05) is 0 Å². The first-order valence-electron chi connectivity index (χ1n) is 6.38. The number of hydrogen-bond donors (Lipinski definition) is 0. The number of carbonyl (C=O) groups is 3. The van der Waals surface area contributed by atoms with E-state index in [0.717, 1.165) is 0 Å². The van der Waals surface area contributed by atoms with Crippen molar-refractivity contribution < 1.29 is 42.8 Å². The molecule has 1 fully saturated rings. The fraction of sp³-hybridized carbons (Fsp3) is 0.750. The molecule has 1 aliphatic rings. The number of esters is 3. The smallest absolute Gasteiger partial charge is 0.344 e. The van der Waals surface area contributed by atoms with Gasteiger partial charge in [-0.2, -0.15) is 0 Å². The van der Waals surface area contributed by atoms with E-state index in [2.05, 4.69) is 4.74 Å². The molecule has 0 aromatic rings. The third-order valence-corrected chi connectivity index (χ3v) is 2.14. The van der Waals surface area contributed by atoms with E-state index in [1.54, 1.807) is 0 Å². The Balaban J connectivity index is 2.30. The number of cyclic esters (lactones) is 3. The lowest BCUT2D eigenvalue weighted by Gasteiger charge is -2.09. The molecule has 0 aromatic heterocycles. The van der Waals surface area contributed by atoms with Crippen LogP contribution in [0.25, 0.3) is 0 Å². The molecule has 0 unspecified atom stereocenters. The first-order chi connectivity index (χ1) is 10.2. The van der Waals surface area contributed by atoms with Crippen LogP contribution in [-0.2, 0) is 42.8 Å². The van der Waals surface area contributed by atoms with E-state index in [1.807, 2.05) is 0 Å². The molecule has 0 bridgehead atoms. The third kappa shape index (κ3) is 9.77. The standard InChI is InChI=1S/C12H18O9/c13-10-7-18-8-11(14)21-9-12(15)20-6-4-17-2-1-16-3-5-19-10/h1-9H2. The van der Waals surface area contributed by atoms with E-state index in [0.29, 0.717) is 13.2 Å². The summed E-state index contributed by atoms with van der Waals surface area (Å²) < 4.78 is 29.2. The van der Waals surface area contributed by atoms with Crippen molar-refractivity contribution in [1.29, 1.82) is 0 Å². The van der Waals surface area contributed by atoms with Gasteiger partial charge in [-0.1, -0.05) is 0 Å². The van der Waals surface area contributed by atoms with Gasteiger partial charge in [-0.25, -0.2) is 14.4 Å². The zero-order chi connectivity index (χ0) is 15.3. The van der Waals surface area contributed by atoms with Crippen molar-refractivity contribution in [2.24, 2.45) is 0 Å². The lowest BCUT2D eigenvalue weighted by Crippen LogP contribution is -2.23. The predicted octanol–water partition coefficient (Wildman–Crippen LogP) is -1.32.